The van der Waals surface area contributed by atoms with Crippen molar-refractivity contribution < 1.29 is 5.11 Å². The van der Waals surface area contributed by atoms with Crippen LogP contribution in [0.2, 0.25) is 0 Å². The Morgan fingerprint density at radius 2 is 2.00 bits per heavy atom. The molecule has 0 aromatic carbocycles. The van der Waals surface area contributed by atoms with Gasteiger partial charge in [0.05, 0.1) is 22.4 Å². The number of nitrogens with one attached hydrogen (secondary N) is 1. The molecule has 4 rings (SSSR count). The maximum absolute atomic E-state index is 10.0. The summed E-state index contributed by atoms with van der Waals surface area (Å²) >= 11 is 1.62. The zero-order valence-corrected chi connectivity index (χ0v) is 12.8. The fraction of sp³-hybridized carbons (Fsp3) is 0.312. The molecule has 0 bridgehead atoms. The average molecular weight is 312 g/mol. The van der Waals surface area contributed by atoms with Crippen LogP contribution in [-0.2, 0) is 0 Å². The van der Waals surface area contributed by atoms with E-state index in [-0.39, 0.29) is 12.1 Å². The number of anilines is 1. The van der Waals surface area contributed by atoms with Crippen molar-refractivity contribution in [1.82, 2.24) is 15.0 Å². The molecule has 5 nitrogen and oxygen atoms in total. The Morgan fingerprint density at radius 3 is 2.77 bits per heavy atom. The maximum atomic E-state index is 10.0. The zero-order valence-electron chi connectivity index (χ0n) is 11.9. The Bertz CT molecular complexity index is 789. The first-order chi connectivity index (χ1) is 10.8. The van der Waals surface area contributed by atoms with E-state index in [1.54, 1.807) is 23.7 Å². The summed E-state index contributed by atoms with van der Waals surface area (Å²) in [6.07, 6.45) is 6.06. The van der Waals surface area contributed by atoms with E-state index in [0.717, 1.165) is 40.9 Å². The standard InChI is InChI=1S/C16H16N4OS/c21-13-3-1-2-11(13)18-16-14-12(6-9-22-14)19-15(20-16)10-4-7-17-8-5-10/h4-9,11,13,21H,1-3H2,(H,18,19,20)/t11-,13-/m0/s1. The molecular formula is C16H16N4OS. The van der Waals surface area contributed by atoms with E-state index in [1.807, 2.05) is 23.6 Å². The fourth-order valence-electron chi connectivity index (χ4n) is 2.88. The first kappa shape index (κ1) is 13.6. The van der Waals surface area contributed by atoms with E-state index in [9.17, 15) is 5.11 Å². The molecule has 0 amide bonds. The molecule has 0 spiro atoms. The number of aliphatic hydroxyl groups is 1. The molecular weight excluding hydrogens is 296 g/mol. The van der Waals surface area contributed by atoms with Crippen LogP contribution in [0.3, 0.4) is 0 Å². The molecule has 6 heteroatoms. The smallest absolute Gasteiger partial charge is 0.162 e. The molecule has 1 saturated carbocycles. The molecule has 3 aromatic heterocycles. The lowest BCUT2D eigenvalue weighted by Gasteiger charge is -2.18. The van der Waals surface area contributed by atoms with Crippen molar-refractivity contribution in [2.75, 3.05) is 5.32 Å². The second kappa shape index (κ2) is 5.62. The fourth-order valence-corrected chi connectivity index (χ4v) is 3.66. The van der Waals surface area contributed by atoms with Crippen LogP contribution in [-0.4, -0.2) is 32.2 Å². The number of hydrogen-bond donors (Lipinski definition) is 2. The van der Waals surface area contributed by atoms with Gasteiger partial charge in [0.1, 0.15) is 5.82 Å². The number of aliphatic hydroxyl groups excluding tert-OH is 1. The van der Waals surface area contributed by atoms with E-state index < -0.39 is 0 Å². The van der Waals surface area contributed by atoms with Crippen LogP contribution in [0.4, 0.5) is 5.82 Å². The van der Waals surface area contributed by atoms with E-state index in [1.165, 1.54) is 0 Å². The summed E-state index contributed by atoms with van der Waals surface area (Å²) in [5, 5.41) is 15.5. The van der Waals surface area contributed by atoms with Crippen LogP contribution in [0, 0.1) is 0 Å². The van der Waals surface area contributed by atoms with Crippen molar-refractivity contribution in [3.63, 3.8) is 0 Å². The van der Waals surface area contributed by atoms with Crippen LogP contribution in [0.5, 0.6) is 0 Å². The van der Waals surface area contributed by atoms with Gasteiger partial charge in [-0.15, -0.1) is 11.3 Å². The Labute approximate surface area is 132 Å². The molecule has 0 saturated heterocycles. The predicted octanol–water partition coefficient (Wildman–Crippen LogP) is 3.08. The van der Waals surface area contributed by atoms with Crippen molar-refractivity contribution in [2.24, 2.45) is 0 Å². The highest BCUT2D eigenvalue weighted by molar-refractivity contribution is 7.17. The third-order valence-corrected chi connectivity index (χ3v) is 4.95. The number of thiophene rings is 1. The second-order valence-corrected chi connectivity index (χ2v) is 6.43. The lowest BCUT2D eigenvalue weighted by atomic mass is 10.2. The van der Waals surface area contributed by atoms with Gasteiger partial charge in [-0.3, -0.25) is 4.98 Å². The summed E-state index contributed by atoms with van der Waals surface area (Å²) in [6.45, 7) is 0. The van der Waals surface area contributed by atoms with Gasteiger partial charge < -0.3 is 10.4 Å². The van der Waals surface area contributed by atoms with Crippen molar-refractivity contribution in [2.45, 2.75) is 31.4 Å². The van der Waals surface area contributed by atoms with Gasteiger partial charge in [-0.25, -0.2) is 9.97 Å². The lowest BCUT2D eigenvalue weighted by Crippen LogP contribution is -2.28. The van der Waals surface area contributed by atoms with Gasteiger partial charge in [-0.2, -0.15) is 0 Å². The summed E-state index contributed by atoms with van der Waals surface area (Å²) in [5.41, 5.74) is 1.87. The van der Waals surface area contributed by atoms with Gasteiger partial charge in [0.15, 0.2) is 5.82 Å². The number of rotatable bonds is 3. The topological polar surface area (TPSA) is 70.9 Å². The van der Waals surface area contributed by atoms with Crippen molar-refractivity contribution in [3.8, 4) is 11.4 Å². The molecule has 3 heterocycles. The quantitative estimate of drug-likeness (QED) is 0.777. The van der Waals surface area contributed by atoms with Gasteiger partial charge in [0.2, 0.25) is 0 Å². The summed E-state index contributed by atoms with van der Waals surface area (Å²) in [6, 6.07) is 5.89. The van der Waals surface area contributed by atoms with Crippen LogP contribution in [0.15, 0.2) is 36.0 Å². The first-order valence-corrected chi connectivity index (χ1v) is 8.29. The van der Waals surface area contributed by atoms with Crippen LogP contribution < -0.4 is 5.32 Å². The van der Waals surface area contributed by atoms with Crippen molar-refractivity contribution >= 4 is 27.4 Å². The Kier molecular flexibility index (Phi) is 3.48. The van der Waals surface area contributed by atoms with E-state index >= 15 is 0 Å². The minimum Gasteiger partial charge on any atom is -0.391 e. The largest absolute Gasteiger partial charge is 0.391 e. The molecule has 112 valence electrons. The highest BCUT2D eigenvalue weighted by Crippen LogP contribution is 2.31. The zero-order chi connectivity index (χ0) is 14.9. The SMILES string of the molecule is O[C@H]1CCC[C@@H]1Nc1nc(-c2ccncc2)nc2ccsc12. The number of nitrogens with zero attached hydrogens (tertiary/aromatic N) is 3. The summed E-state index contributed by atoms with van der Waals surface area (Å²) in [5.74, 6) is 1.50. The normalized spacial score (nSPS) is 21.3. The molecule has 0 aliphatic heterocycles. The van der Waals surface area contributed by atoms with Crippen LogP contribution >= 0.6 is 11.3 Å². The third kappa shape index (κ3) is 2.44. The Hall–Kier alpha value is -2.05. The summed E-state index contributed by atoms with van der Waals surface area (Å²) in [4.78, 5) is 13.4. The molecule has 0 radical (unpaired) electrons. The molecule has 1 aliphatic rings. The summed E-state index contributed by atoms with van der Waals surface area (Å²) in [7, 11) is 0. The van der Waals surface area contributed by atoms with E-state index in [0.29, 0.717) is 5.82 Å². The van der Waals surface area contributed by atoms with E-state index in [2.05, 4.69) is 15.3 Å². The molecule has 3 aromatic rings. The van der Waals surface area contributed by atoms with Crippen molar-refractivity contribution in [1.29, 1.82) is 0 Å². The molecule has 2 N–H and O–H groups in total. The third-order valence-electron chi connectivity index (χ3n) is 4.04. The number of pyridine rings is 1. The Morgan fingerprint density at radius 1 is 1.14 bits per heavy atom. The summed E-state index contributed by atoms with van der Waals surface area (Å²) < 4.78 is 1.04. The number of fused-ring (bicyclic) bond motifs is 1. The molecule has 0 unspecified atom stereocenters. The van der Waals surface area contributed by atoms with Gasteiger partial charge in [0.25, 0.3) is 0 Å². The second-order valence-electron chi connectivity index (χ2n) is 5.52. The lowest BCUT2D eigenvalue weighted by molar-refractivity contribution is 0.171. The highest BCUT2D eigenvalue weighted by atomic mass is 32.1. The average Bonchev–Trinajstić information content (AvgIpc) is 3.17. The molecule has 2 atom stereocenters. The highest BCUT2D eigenvalue weighted by Gasteiger charge is 2.26. The number of aromatic nitrogens is 3. The van der Waals surface area contributed by atoms with Crippen molar-refractivity contribution in [3.05, 3.63) is 36.0 Å². The monoisotopic (exact) mass is 312 g/mol. The van der Waals surface area contributed by atoms with Gasteiger partial charge in [0, 0.05) is 18.0 Å². The molecule has 22 heavy (non-hydrogen) atoms. The predicted molar refractivity (Wildman–Crippen MR) is 87.9 cm³/mol. The minimum atomic E-state index is -0.297. The van der Waals surface area contributed by atoms with Crippen LogP contribution in [0.25, 0.3) is 21.6 Å². The first-order valence-electron chi connectivity index (χ1n) is 7.41. The Balaban J connectivity index is 1.77. The maximum Gasteiger partial charge on any atom is 0.162 e. The van der Waals surface area contributed by atoms with Gasteiger partial charge >= 0.3 is 0 Å². The van der Waals surface area contributed by atoms with Crippen LogP contribution in [0.1, 0.15) is 19.3 Å². The number of hydrogen-bond acceptors (Lipinski definition) is 6. The minimum absolute atomic E-state index is 0.0745. The molecule has 1 fully saturated rings. The van der Waals surface area contributed by atoms with E-state index in [4.69, 9.17) is 4.98 Å². The van der Waals surface area contributed by atoms with Gasteiger partial charge in [-0.05, 0) is 42.8 Å². The molecule has 1 aliphatic carbocycles. The van der Waals surface area contributed by atoms with Gasteiger partial charge in [-0.1, -0.05) is 0 Å².